The first-order valence-electron chi connectivity index (χ1n) is 20.0. The Labute approximate surface area is 349 Å². The number of hydrogen-bond donors (Lipinski definition) is 0. The molecule has 0 atom stereocenters. The van der Waals surface area contributed by atoms with E-state index in [1.807, 2.05) is 103 Å². The molecule has 0 fully saturated rings. The van der Waals surface area contributed by atoms with E-state index >= 15 is 0 Å². The summed E-state index contributed by atoms with van der Waals surface area (Å²) in [5, 5.41) is 17.3. The number of benzene rings is 8. The first-order chi connectivity index (χ1) is 30.2. The number of para-hydroxylation sites is 4. The maximum Gasteiger partial charge on any atom is 0.211 e. The molecule has 0 N–H and O–H groups in total. The molecular formula is C54H30N6O. The fourth-order valence-electron chi connectivity index (χ4n) is 9.14. The van der Waals surface area contributed by atoms with Crippen molar-refractivity contribution in [1.29, 1.82) is 5.26 Å². The lowest BCUT2D eigenvalue weighted by Crippen LogP contribution is -2.01. The van der Waals surface area contributed by atoms with Crippen LogP contribution in [0.25, 0.3) is 116 Å². The SMILES string of the molecule is [C-]#[N+]c1cc(-c2nc(-c3ccc4c(c3)oc3ccccc34)nc(-c3ccccc3)c2C#N)ccc1-n1c2ccccc2c2ccc3c(c4ccccc4n3-c3ccccc3)c21. The van der Waals surface area contributed by atoms with Crippen molar-refractivity contribution >= 4 is 71.2 Å². The molecule has 12 aromatic rings. The second-order valence-electron chi connectivity index (χ2n) is 15.1. The van der Waals surface area contributed by atoms with Crippen molar-refractivity contribution in [2.75, 3.05) is 0 Å². The fourth-order valence-corrected chi connectivity index (χ4v) is 9.14. The lowest BCUT2D eigenvalue weighted by molar-refractivity contribution is 0.669. The Balaban J connectivity index is 1.11. The zero-order chi connectivity index (χ0) is 40.6. The van der Waals surface area contributed by atoms with Crippen LogP contribution in [0.1, 0.15) is 5.56 Å². The van der Waals surface area contributed by atoms with Gasteiger partial charge in [0.15, 0.2) is 5.82 Å². The van der Waals surface area contributed by atoms with Gasteiger partial charge in [-0.15, -0.1) is 0 Å². The summed E-state index contributed by atoms with van der Waals surface area (Å²) in [5.74, 6) is 0.447. The number of furan rings is 1. The highest BCUT2D eigenvalue weighted by Gasteiger charge is 2.24. The quantitative estimate of drug-likeness (QED) is 0.163. The van der Waals surface area contributed by atoms with E-state index in [0.29, 0.717) is 34.0 Å². The minimum atomic E-state index is 0.329. The van der Waals surface area contributed by atoms with Crippen molar-refractivity contribution in [3.8, 4) is 51.3 Å². The molecule has 0 radical (unpaired) electrons. The summed E-state index contributed by atoms with van der Waals surface area (Å²) >= 11 is 0. The van der Waals surface area contributed by atoms with Crippen LogP contribution in [0.3, 0.4) is 0 Å². The lowest BCUT2D eigenvalue weighted by Gasteiger charge is -2.15. The summed E-state index contributed by atoms with van der Waals surface area (Å²) < 4.78 is 10.8. The maximum atomic E-state index is 10.8. The van der Waals surface area contributed by atoms with Crippen LogP contribution in [0.2, 0.25) is 0 Å². The first kappa shape index (κ1) is 34.3. The molecule has 0 bridgehead atoms. The van der Waals surface area contributed by atoms with Gasteiger partial charge in [-0.1, -0.05) is 121 Å². The van der Waals surface area contributed by atoms with Crippen molar-refractivity contribution < 1.29 is 4.42 Å². The Morgan fingerprint density at radius 1 is 0.508 bits per heavy atom. The van der Waals surface area contributed by atoms with Crippen molar-refractivity contribution in [2.24, 2.45) is 0 Å². The minimum absolute atomic E-state index is 0.329. The third-order valence-electron chi connectivity index (χ3n) is 11.8. The second kappa shape index (κ2) is 13.4. The second-order valence-corrected chi connectivity index (χ2v) is 15.1. The van der Waals surface area contributed by atoms with Crippen LogP contribution >= 0.6 is 0 Å². The molecule has 0 aliphatic carbocycles. The smallest absolute Gasteiger partial charge is 0.211 e. The van der Waals surface area contributed by atoms with Gasteiger partial charge in [0.05, 0.1) is 45.7 Å². The standard InChI is InChI=1S/C54H30N6O/c1-56-43-30-34(52-42(32-55)51(33-14-4-2-5-15-33)57-54(58-52)35-24-26-39-38-19-10-13-23-48(38)61-49(39)31-35)25-28-46(43)60-44-21-11-8-18-37(44)40-27-29-47-50(53(40)60)41-20-9-12-22-45(41)59(47)36-16-6-3-7-17-36/h2-31H. The summed E-state index contributed by atoms with van der Waals surface area (Å²) in [5.41, 5.74) is 11.4. The average Bonchev–Trinajstić information content (AvgIpc) is 3.99. The van der Waals surface area contributed by atoms with Crippen LogP contribution in [-0.4, -0.2) is 19.1 Å². The normalized spacial score (nSPS) is 11.6. The van der Waals surface area contributed by atoms with Crippen LogP contribution in [-0.2, 0) is 0 Å². The molecule has 7 heteroatoms. The molecule has 7 nitrogen and oxygen atoms in total. The number of nitriles is 1. The van der Waals surface area contributed by atoms with E-state index in [9.17, 15) is 5.26 Å². The molecule has 61 heavy (non-hydrogen) atoms. The lowest BCUT2D eigenvalue weighted by atomic mass is 9.99. The maximum absolute atomic E-state index is 10.8. The zero-order valence-corrected chi connectivity index (χ0v) is 32.4. The van der Waals surface area contributed by atoms with E-state index in [0.717, 1.165) is 88.1 Å². The largest absolute Gasteiger partial charge is 0.456 e. The van der Waals surface area contributed by atoms with Gasteiger partial charge < -0.3 is 13.6 Å². The molecule has 0 aliphatic heterocycles. The van der Waals surface area contributed by atoms with E-state index in [-0.39, 0.29) is 0 Å². The number of nitrogens with zero attached hydrogens (tertiary/aromatic N) is 6. The molecule has 282 valence electrons. The van der Waals surface area contributed by atoms with Crippen LogP contribution in [0.4, 0.5) is 5.69 Å². The number of aromatic nitrogens is 4. The highest BCUT2D eigenvalue weighted by atomic mass is 16.3. The van der Waals surface area contributed by atoms with Crippen molar-refractivity contribution in [1.82, 2.24) is 19.1 Å². The number of rotatable bonds is 5. The Kier molecular flexibility index (Phi) is 7.52. The highest BCUT2D eigenvalue weighted by molar-refractivity contribution is 6.26. The van der Waals surface area contributed by atoms with E-state index in [4.69, 9.17) is 21.0 Å². The molecule has 0 spiro atoms. The van der Waals surface area contributed by atoms with Crippen LogP contribution in [0, 0.1) is 17.9 Å². The fraction of sp³-hybridized carbons (Fsp3) is 0. The van der Waals surface area contributed by atoms with Gasteiger partial charge in [0.1, 0.15) is 22.8 Å². The summed E-state index contributed by atoms with van der Waals surface area (Å²) in [6, 6.07) is 63.7. The van der Waals surface area contributed by atoms with Crippen LogP contribution < -0.4 is 0 Å². The molecular weight excluding hydrogens is 749 g/mol. The van der Waals surface area contributed by atoms with Crippen molar-refractivity contribution in [3.63, 3.8) is 0 Å². The third kappa shape index (κ3) is 5.15. The predicted molar refractivity (Wildman–Crippen MR) is 245 cm³/mol. The predicted octanol–water partition coefficient (Wildman–Crippen LogP) is 14.0. The molecule has 8 aromatic carbocycles. The van der Waals surface area contributed by atoms with Gasteiger partial charge in [-0.3, -0.25) is 0 Å². The molecule has 0 aliphatic rings. The van der Waals surface area contributed by atoms with Crippen LogP contribution in [0.15, 0.2) is 186 Å². The summed E-state index contributed by atoms with van der Waals surface area (Å²) in [4.78, 5) is 14.3. The van der Waals surface area contributed by atoms with Gasteiger partial charge in [0.2, 0.25) is 5.69 Å². The van der Waals surface area contributed by atoms with E-state index in [1.54, 1.807) is 0 Å². The average molecular weight is 779 g/mol. The molecule has 4 heterocycles. The Morgan fingerprint density at radius 3 is 1.90 bits per heavy atom. The van der Waals surface area contributed by atoms with Gasteiger partial charge in [-0.2, -0.15) is 5.26 Å². The van der Waals surface area contributed by atoms with Gasteiger partial charge in [-0.25, -0.2) is 14.8 Å². The summed E-state index contributed by atoms with van der Waals surface area (Å²) in [6.45, 7) is 8.65. The summed E-state index contributed by atoms with van der Waals surface area (Å²) in [6.07, 6.45) is 0. The topological polar surface area (TPSA) is 76.9 Å². The van der Waals surface area contributed by atoms with Gasteiger partial charge in [-0.05, 0) is 66.2 Å². The molecule has 12 rings (SSSR count). The first-order valence-corrected chi connectivity index (χ1v) is 20.0. The van der Waals surface area contributed by atoms with Gasteiger partial charge in [0.25, 0.3) is 0 Å². The van der Waals surface area contributed by atoms with E-state index < -0.39 is 0 Å². The highest BCUT2D eigenvalue weighted by Crippen LogP contribution is 2.44. The molecule has 0 saturated carbocycles. The zero-order valence-electron chi connectivity index (χ0n) is 32.4. The van der Waals surface area contributed by atoms with Crippen LogP contribution in [0.5, 0.6) is 0 Å². The Bertz CT molecular complexity index is 3840. The van der Waals surface area contributed by atoms with Gasteiger partial charge >= 0.3 is 0 Å². The number of fused-ring (bicyclic) bond motifs is 10. The van der Waals surface area contributed by atoms with E-state index in [1.165, 1.54) is 0 Å². The van der Waals surface area contributed by atoms with Crippen molar-refractivity contribution in [3.05, 3.63) is 199 Å². The third-order valence-corrected chi connectivity index (χ3v) is 11.8. The monoisotopic (exact) mass is 778 g/mol. The molecule has 0 unspecified atom stereocenters. The Hall–Kier alpha value is -8.78. The molecule has 4 aromatic heterocycles. The molecule has 0 amide bonds. The molecule has 0 saturated heterocycles. The van der Waals surface area contributed by atoms with Crippen molar-refractivity contribution in [2.45, 2.75) is 0 Å². The summed E-state index contributed by atoms with van der Waals surface area (Å²) in [7, 11) is 0. The number of hydrogen-bond acceptors (Lipinski definition) is 4. The van der Waals surface area contributed by atoms with E-state index in [2.05, 4.69) is 98.9 Å². The Morgan fingerprint density at radius 2 is 1.13 bits per heavy atom. The van der Waals surface area contributed by atoms with Gasteiger partial charge in [0, 0.05) is 49.1 Å². The minimum Gasteiger partial charge on any atom is -0.456 e.